The zero-order valence-electron chi connectivity index (χ0n) is 9.79. The molecule has 0 aromatic carbocycles. The van der Waals surface area contributed by atoms with Gasteiger partial charge in [-0.05, 0) is 36.2 Å². The van der Waals surface area contributed by atoms with Crippen LogP contribution in [0.25, 0.3) is 0 Å². The van der Waals surface area contributed by atoms with Gasteiger partial charge in [-0.2, -0.15) is 0 Å². The van der Waals surface area contributed by atoms with E-state index in [1.54, 1.807) is 0 Å². The lowest BCUT2D eigenvalue weighted by Gasteiger charge is -2.49. The fourth-order valence-electron chi connectivity index (χ4n) is 3.12. The largest absolute Gasteiger partial charge is 0.393 e. The molecule has 0 radical (unpaired) electrons. The van der Waals surface area contributed by atoms with E-state index in [0.717, 1.165) is 12.8 Å². The van der Waals surface area contributed by atoms with E-state index in [1.807, 2.05) is 6.08 Å². The fraction of sp³-hybridized carbons (Fsp3) is 0.769. The molecule has 0 bridgehead atoms. The highest BCUT2D eigenvalue weighted by Crippen LogP contribution is 2.51. The van der Waals surface area contributed by atoms with E-state index in [1.165, 1.54) is 5.57 Å². The summed E-state index contributed by atoms with van der Waals surface area (Å²) in [5.74, 6) is 0.809. The number of aliphatic hydroxyl groups excluding tert-OH is 1. The minimum atomic E-state index is -0.222. The molecule has 1 fully saturated rings. The van der Waals surface area contributed by atoms with E-state index in [-0.39, 0.29) is 29.1 Å². The lowest BCUT2D eigenvalue weighted by atomic mass is 9.57. The molecule has 2 heteroatoms. The van der Waals surface area contributed by atoms with Crippen molar-refractivity contribution in [2.75, 3.05) is 0 Å². The summed E-state index contributed by atoms with van der Waals surface area (Å²) in [5.41, 5.74) is 1.32. The predicted octanol–water partition coefficient (Wildman–Crippen LogP) is 2.32. The first-order valence-corrected chi connectivity index (χ1v) is 5.87. The van der Waals surface area contributed by atoms with Crippen LogP contribution >= 0.6 is 0 Å². The average molecular weight is 208 g/mol. The molecule has 0 amide bonds. The minimum absolute atomic E-state index is 0.0554. The Bertz CT molecular complexity index is 318. The van der Waals surface area contributed by atoms with Gasteiger partial charge in [0.1, 0.15) is 0 Å². The van der Waals surface area contributed by atoms with Crippen LogP contribution in [0.2, 0.25) is 0 Å². The third kappa shape index (κ3) is 1.55. The molecule has 2 rings (SSSR count). The molecule has 2 aliphatic rings. The van der Waals surface area contributed by atoms with Crippen molar-refractivity contribution in [1.82, 2.24) is 0 Å². The first-order chi connectivity index (χ1) is 6.95. The number of carbonyl (C=O) groups excluding carboxylic acids is 1. The predicted molar refractivity (Wildman–Crippen MR) is 59.4 cm³/mol. The van der Waals surface area contributed by atoms with E-state index in [9.17, 15) is 9.90 Å². The number of allylic oxidation sites excluding steroid dienone is 2. The number of carbonyl (C=O) groups is 1. The van der Waals surface area contributed by atoms with Crippen LogP contribution in [0.1, 0.15) is 40.0 Å². The van der Waals surface area contributed by atoms with Crippen molar-refractivity contribution in [2.24, 2.45) is 17.3 Å². The van der Waals surface area contributed by atoms with Crippen LogP contribution in [0.4, 0.5) is 0 Å². The van der Waals surface area contributed by atoms with Gasteiger partial charge in [-0.25, -0.2) is 0 Å². The Morgan fingerprint density at radius 1 is 1.47 bits per heavy atom. The molecule has 2 nitrogen and oxygen atoms in total. The standard InChI is InChI=1S/C13H20O2/c1-8-6-10-7-11(14)4-5-13(10,3)9(2)12(8)15/h7-9,12,15H,4-6H2,1-3H3/t8-,9-,12+,13-/m1/s1. The summed E-state index contributed by atoms with van der Waals surface area (Å²) >= 11 is 0. The topological polar surface area (TPSA) is 37.3 Å². The molecule has 15 heavy (non-hydrogen) atoms. The maximum Gasteiger partial charge on any atom is 0.155 e. The highest BCUT2D eigenvalue weighted by Gasteiger charge is 2.46. The quantitative estimate of drug-likeness (QED) is 0.663. The summed E-state index contributed by atoms with van der Waals surface area (Å²) in [7, 11) is 0. The van der Waals surface area contributed by atoms with Gasteiger partial charge in [-0.15, -0.1) is 0 Å². The van der Waals surface area contributed by atoms with Gasteiger partial charge < -0.3 is 5.11 Å². The van der Waals surface area contributed by atoms with Gasteiger partial charge >= 0.3 is 0 Å². The average Bonchev–Trinajstić information content (AvgIpc) is 2.19. The summed E-state index contributed by atoms with van der Waals surface area (Å²) in [6.07, 6.45) is 4.05. The molecule has 1 N–H and O–H groups in total. The van der Waals surface area contributed by atoms with Crippen LogP contribution in [0.15, 0.2) is 11.6 Å². The molecule has 0 heterocycles. The van der Waals surface area contributed by atoms with Crippen molar-refractivity contribution in [3.8, 4) is 0 Å². The maximum absolute atomic E-state index is 11.4. The van der Waals surface area contributed by atoms with E-state index < -0.39 is 0 Å². The van der Waals surface area contributed by atoms with Gasteiger partial charge in [0.2, 0.25) is 0 Å². The van der Waals surface area contributed by atoms with Gasteiger partial charge in [0.25, 0.3) is 0 Å². The van der Waals surface area contributed by atoms with Gasteiger partial charge in [0, 0.05) is 6.42 Å². The highest BCUT2D eigenvalue weighted by molar-refractivity contribution is 5.91. The lowest BCUT2D eigenvalue weighted by molar-refractivity contribution is -0.117. The molecular formula is C13H20O2. The van der Waals surface area contributed by atoms with Gasteiger partial charge in [0.15, 0.2) is 5.78 Å². The summed E-state index contributed by atoms with van der Waals surface area (Å²) < 4.78 is 0. The third-order valence-corrected chi connectivity index (χ3v) is 4.60. The second-order valence-electron chi connectivity index (χ2n) is 5.51. The number of ketones is 1. The highest BCUT2D eigenvalue weighted by atomic mass is 16.3. The Labute approximate surface area is 91.4 Å². The maximum atomic E-state index is 11.4. The van der Waals surface area contributed by atoms with Crippen LogP contribution < -0.4 is 0 Å². The zero-order valence-corrected chi connectivity index (χ0v) is 9.79. The number of rotatable bonds is 0. The number of fused-ring (bicyclic) bond motifs is 1. The first-order valence-electron chi connectivity index (χ1n) is 5.87. The monoisotopic (exact) mass is 208 g/mol. The van der Waals surface area contributed by atoms with Crippen LogP contribution in [-0.2, 0) is 4.79 Å². The van der Waals surface area contributed by atoms with Crippen LogP contribution in [0.5, 0.6) is 0 Å². The SMILES string of the molecule is C[C@@H]1CC2=CC(=O)CC[C@]2(C)[C@H](C)[C@H]1O. The Kier molecular flexibility index (Phi) is 2.50. The molecule has 0 aliphatic heterocycles. The molecule has 0 spiro atoms. The smallest absolute Gasteiger partial charge is 0.155 e. The van der Waals surface area contributed by atoms with E-state index in [2.05, 4.69) is 20.8 Å². The van der Waals surface area contributed by atoms with Crippen LogP contribution in [0.3, 0.4) is 0 Å². The Morgan fingerprint density at radius 2 is 2.13 bits per heavy atom. The molecule has 0 saturated heterocycles. The van der Waals surface area contributed by atoms with Gasteiger partial charge in [-0.1, -0.05) is 26.3 Å². The molecule has 0 aromatic heterocycles. The number of hydrogen-bond donors (Lipinski definition) is 1. The van der Waals surface area contributed by atoms with E-state index in [4.69, 9.17) is 0 Å². The summed E-state index contributed by atoms with van der Waals surface area (Å²) in [5, 5.41) is 10.1. The summed E-state index contributed by atoms with van der Waals surface area (Å²) in [6.45, 7) is 6.38. The Balaban J connectivity index is 2.38. The first kappa shape index (κ1) is 10.9. The fourth-order valence-corrected chi connectivity index (χ4v) is 3.12. The van der Waals surface area contributed by atoms with Crippen LogP contribution in [-0.4, -0.2) is 17.0 Å². The van der Waals surface area contributed by atoms with Crippen molar-refractivity contribution < 1.29 is 9.90 Å². The third-order valence-electron chi connectivity index (χ3n) is 4.60. The number of aliphatic hydroxyl groups is 1. The zero-order chi connectivity index (χ0) is 11.2. The van der Waals surface area contributed by atoms with Crippen molar-refractivity contribution in [3.05, 3.63) is 11.6 Å². The molecule has 1 saturated carbocycles. The van der Waals surface area contributed by atoms with Crippen LogP contribution in [0, 0.1) is 17.3 Å². The molecule has 2 aliphatic carbocycles. The van der Waals surface area contributed by atoms with Crippen molar-refractivity contribution >= 4 is 5.78 Å². The Morgan fingerprint density at radius 3 is 2.80 bits per heavy atom. The molecule has 84 valence electrons. The summed E-state index contributed by atoms with van der Waals surface area (Å²) in [4.78, 5) is 11.4. The van der Waals surface area contributed by atoms with Gasteiger partial charge in [0.05, 0.1) is 6.10 Å². The molecule has 0 aromatic rings. The summed E-state index contributed by atoms with van der Waals surface area (Å²) in [6, 6.07) is 0. The second-order valence-corrected chi connectivity index (χ2v) is 5.51. The van der Waals surface area contributed by atoms with Gasteiger partial charge in [-0.3, -0.25) is 4.79 Å². The normalized spacial score (nSPS) is 46.0. The molecular weight excluding hydrogens is 188 g/mol. The molecule has 0 unspecified atom stereocenters. The number of hydrogen-bond acceptors (Lipinski definition) is 2. The second kappa shape index (κ2) is 3.44. The van der Waals surface area contributed by atoms with E-state index >= 15 is 0 Å². The Hall–Kier alpha value is -0.630. The van der Waals surface area contributed by atoms with Crippen molar-refractivity contribution in [2.45, 2.75) is 46.1 Å². The van der Waals surface area contributed by atoms with Crippen molar-refractivity contribution in [1.29, 1.82) is 0 Å². The minimum Gasteiger partial charge on any atom is -0.393 e. The lowest BCUT2D eigenvalue weighted by Crippen LogP contribution is -2.46. The van der Waals surface area contributed by atoms with E-state index in [0.29, 0.717) is 6.42 Å². The van der Waals surface area contributed by atoms with Crippen molar-refractivity contribution in [3.63, 3.8) is 0 Å². The molecule has 4 atom stereocenters.